The quantitative estimate of drug-likeness (QED) is 0.572. The summed E-state index contributed by atoms with van der Waals surface area (Å²) in [6, 6.07) is 24.4. The number of hydrogen-bond donors (Lipinski definition) is 1. The van der Waals surface area contributed by atoms with Crippen LogP contribution in [0.15, 0.2) is 71.2 Å². The van der Waals surface area contributed by atoms with Crippen molar-refractivity contribution in [3.8, 4) is 0 Å². The highest BCUT2D eigenvalue weighted by Gasteiger charge is 2.45. The molecule has 0 radical (unpaired) electrons. The lowest BCUT2D eigenvalue weighted by atomic mass is 9.84. The van der Waals surface area contributed by atoms with Gasteiger partial charge in [0.2, 0.25) is 0 Å². The van der Waals surface area contributed by atoms with Gasteiger partial charge in [-0.05, 0) is 48.0 Å². The highest BCUT2D eigenvalue weighted by atomic mass is 79.9. The molecule has 5 rings (SSSR count). The van der Waals surface area contributed by atoms with Crippen LogP contribution < -0.4 is 9.80 Å². The fraction of sp³-hybridized carbons (Fsp3) is 0.217. The Hall–Kier alpha value is -1.81. The highest BCUT2D eigenvalue weighted by molar-refractivity contribution is 9.10. The minimum Gasteiger partial charge on any atom is -0.321 e. The molecule has 0 fully saturated rings. The number of quaternary nitrogens is 1. The molecule has 0 amide bonds. The van der Waals surface area contributed by atoms with E-state index in [-0.39, 0.29) is 6.17 Å². The third-order valence-corrected chi connectivity index (χ3v) is 6.79. The van der Waals surface area contributed by atoms with Gasteiger partial charge in [0.1, 0.15) is 6.04 Å². The van der Waals surface area contributed by atoms with Crippen LogP contribution in [0.4, 0.5) is 5.69 Å². The van der Waals surface area contributed by atoms with Crippen molar-refractivity contribution in [3.05, 3.63) is 98.5 Å². The van der Waals surface area contributed by atoms with Gasteiger partial charge in [0.05, 0.1) is 12.2 Å². The average molecular weight is 441 g/mol. The first kappa shape index (κ1) is 17.3. The molecule has 0 bridgehead atoms. The van der Waals surface area contributed by atoms with Crippen LogP contribution in [0.1, 0.15) is 34.5 Å². The fourth-order valence-electron chi connectivity index (χ4n) is 4.88. The Kier molecular flexibility index (Phi) is 4.27. The van der Waals surface area contributed by atoms with E-state index in [1.54, 1.807) is 4.90 Å². The first-order chi connectivity index (χ1) is 13.1. The van der Waals surface area contributed by atoms with Gasteiger partial charge >= 0.3 is 0 Å². The molecular weight excluding hydrogens is 420 g/mol. The van der Waals surface area contributed by atoms with Crippen molar-refractivity contribution in [1.29, 1.82) is 0 Å². The zero-order valence-corrected chi connectivity index (χ0v) is 17.5. The van der Waals surface area contributed by atoms with E-state index < -0.39 is 0 Å². The van der Waals surface area contributed by atoms with Gasteiger partial charge in [-0.3, -0.25) is 0 Å². The summed E-state index contributed by atoms with van der Waals surface area (Å²) in [7, 11) is 2.21. The van der Waals surface area contributed by atoms with E-state index >= 15 is 0 Å². The SMILES string of the molecule is CN1c2ccc(Cl)cc2[C@H]2c3ccccc3CC[NH+]2[C@@H]1c1ccc(Br)cc1. The van der Waals surface area contributed by atoms with Crippen molar-refractivity contribution < 1.29 is 4.90 Å². The molecule has 2 nitrogen and oxygen atoms in total. The van der Waals surface area contributed by atoms with Gasteiger partial charge in [-0.25, -0.2) is 0 Å². The van der Waals surface area contributed by atoms with Crippen LogP contribution in [0.2, 0.25) is 5.02 Å². The van der Waals surface area contributed by atoms with Crippen molar-refractivity contribution in [2.75, 3.05) is 18.5 Å². The normalized spacial score (nSPS) is 23.4. The maximum absolute atomic E-state index is 6.42. The molecule has 2 aliphatic rings. The van der Waals surface area contributed by atoms with Crippen LogP contribution in [0, 0.1) is 0 Å². The van der Waals surface area contributed by atoms with E-state index in [0.29, 0.717) is 6.04 Å². The molecule has 2 aliphatic heterocycles. The van der Waals surface area contributed by atoms with Crippen LogP contribution in [0.25, 0.3) is 0 Å². The number of anilines is 1. The molecule has 4 heteroatoms. The maximum Gasteiger partial charge on any atom is 0.190 e. The summed E-state index contributed by atoms with van der Waals surface area (Å²) in [5, 5.41) is 0.812. The monoisotopic (exact) mass is 439 g/mol. The number of rotatable bonds is 1. The van der Waals surface area contributed by atoms with Gasteiger partial charge in [0.25, 0.3) is 0 Å². The number of hydrogen-bond acceptors (Lipinski definition) is 1. The number of benzene rings is 3. The van der Waals surface area contributed by atoms with E-state index in [1.807, 2.05) is 6.07 Å². The molecule has 0 aromatic heterocycles. The molecule has 1 N–H and O–H groups in total. The predicted molar refractivity (Wildman–Crippen MR) is 115 cm³/mol. The Morgan fingerprint density at radius 2 is 1.78 bits per heavy atom. The lowest BCUT2D eigenvalue weighted by Gasteiger charge is -2.48. The van der Waals surface area contributed by atoms with Gasteiger partial charge in [-0.15, -0.1) is 0 Å². The van der Waals surface area contributed by atoms with E-state index in [0.717, 1.165) is 22.5 Å². The number of halogens is 2. The minimum atomic E-state index is 0.283. The Morgan fingerprint density at radius 1 is 1.00 bits per heavy atom. The molecule has 27 heavy (non-hydrogen) atoms. The van der Waals surface area contributed by atoms with Crippen LogP contribution in [0.5, 0.6) is 0 Å². The minimum absolute atomic E-state index is 0.283. The molecule has 0 aliphatic carbocycles. The van der Waals surface area contributed by atoms with Crippen molar-refractivity contribution in [2.24, 2.45) is 0 Å². The lowest BCUT2D eigenvalue weighted by molar-refractivity contribution is -0.959. The highest BCUT2D eigenvalue weighted by Crippen LogP contribution is 2.40. The first-order valence-corrected chi connectivity index (χ1v) is 10.5. The zero-order valence-electron chi connectivity index (χ0n) is 15.1. The molecule has 2 heterocycles. The Balaban J connectivity index is 1.73. The van der Waals surface area contributed by atoms with Crippen LogP contribution >= 0.6 is 27.5 Å². The van der Waals surface area contributed by atoms with Crippen molar-refractivity contribution >= 4 is 33.2 Å². The second kappa shape index (κ2) is 6.66. The maximum atomic E-state index is 6.42. The second-order valence-corrected chi connectivity index (χ2v) is 8.83. The zero-order chi connectivity index (χ0) is 18.5. The number of nitrogens with one attached hydrogen (secondary N) is 1. The van der Waals surface area contributed by atoms with Crippen molar-refractivity contribution in [1.82, 2.24) is 0 Å². The molecule has 3 atom stereocenters. The molecule has 3 aromatic carbocycles. The standard InChI is InChI=1S/C23H20BrClN2/c1-26-21-11-10-18(25)14-20(21)22-19-5-3-2-4-15(19)12-13-27(22)23(26)16-6-8-17(24)9-7-16/h2-11,14,22-23H,12-13H2,1H3/p+1/t22-,23-/m1/s1. The lowest BCUT2D eigenvalue weighted by Crippen LogP contribution is -3.16. The molecule has 0 saturated carbocycles. The summed E-state index contributed by atoms with van der Waals surface area (Å²) in [4.78, 5) is 4.00. The van der Waals surface area contributed by atoms with Gasteiger partial charge in [0, 0.05) is 39.7 Å². The van der Waals surface area contributed by atoms with Crippen LogP contribution in [-0.4, -0.2) is 13.6 Å². The molecular formula is C23H21BrClN2+. The Bertz CT molecular complexity index is 1000. The molecule has 3 aromatic rings. The average Bonchev–Trinajstić information content (AvgIpc) is 2.69. The number of fused-ring (bicyclic) bond motifs is 5. The van der Waals surface area contributed by atoms with Crippen molar-refractivity contribution in [3.63, 3.8) is 0 Å². The summed E-state index contributed by atoms with van der Waals surface area (Å²) in [6.07, 6.45) is 1.39. The Morgan fingerprint density at radius 3 is 2.59 bits per heavy atom. The molecule has 0 spiro atoms. The molecule has 136 valence electrons. The van der Waals surface area contributed by atoms with Gasteiger partial charge in [0.15, 0.2) is 6.17 Å². The predicted octanol–water partition coefficient (Wildman–Crippen LogP) is 4.78. The van der Waals surface area contributed by atoms with Crippen molar-refractivity contribution in [2.45, 2.75) is 18.6 Å². The largest absolute Gasteiger partial charge is 0.321 e. The summed E-state index contributed by atoms with van der Waals surface area (Å²) < 4.78 is 1.12. The number of nitrogens with zero attached hydrogens (tertiary/aromatic N) is 1. The smallest absolute Gasteiger partial charge is 0.190 e. The second-order valence-electron chi connectivity index (χ2n) is 7.47. The Labute approximate surface area is 173 Å². The summed E-state index contributed by atoms with van der Waals surface area (Å²) in [5.41, 5.74) is 6.87. The fourth-order valence-corrected chi connectivity index (χ4v) is 5.32. The summed E-state index contributed by atoms with van der Waals surface area (Å²) in [6.45, 7) is 1.11. The topological polar surface area (TPSA) is 7.68 Å². The molecule has 1 unspecified atom stereocenters. The first-order valence-electron chi connectivity index (χ1n) is 9.34. The van der Waals surface area contributed by atoms with Crippen LogP contribution in [-0.2, 0) is 6.42 Å². The van der Waals surface area contributed by atoms with Gasteiger partial charge in [-0.2, -0.15) is 0 Å². The molecule has 0 saturated heterocycles. The third-order valence-electron chi connectivity index (χ3n) is 6.02. The summed E-state index contributed by atoms with van der Waals surface area (Å²) in [5.74, 6) is 0. The van der Waals surface area contributed by atoms with E-state index in [2.05, 4.69) is 88.5 Å². The summed E-state index contributed by atoms with van der Waals surface area (Å²) >= 11 is 9.99. The van der Waals surface area contributed by atoms with Crippen LogP contribution in [0.3, 0.4) is 0 Å². The van der Waals surface area contributed by atoms with E-state index in [4.69, 9.17) is 11.6 Å². The third kappa shape index (κ3) is 2.80. The van der Waals surface area contributed by atoms with E-state index in [9.17, 15) is 0 Å². The van der Waals surface area contributed by atoms with Gasteiger partial charge < -0.3 is 9.80 Å². The van der Waals surface area contributed by atoms with E-state index in [1.165, 1.54) is 27.9 Å². The van der Waals surface area contributed by atoms with Gasteiger partial charge in [-0.1, -0.05) is 51.8 Å².